The Morgan fingerprint density at radius 1 is 0.895 bits per heavy atom. The Hall–Kier alpha value is 0.920. The van der Waals surface area contributed by atoms with E-state index in [1.165, 1.54) is 62.7 Å². The van der Waals surface area contributed by atoms with Crippen LogP contribution in [0.1, 0.15) is 78.1 Å². The van der Waals surface area contributed by atoms with E-state index in [2.05, 4.69) is 13.8 Å². The van der Waals surface area contributed by atoms with E-state index < -0.39 is 5.69 Å². The van der Waals surface area contributed by atoms with Crippen molar-refractivity contribution in [2.45, 2.75) is 78.1 Å². The van der Waals surface area contributed by atoms with Crippen molar-refractivity contribution in [3.05, 3.63) is 0 Å². The van der Waals surface area contributed by atoms with Crippen molar-refractivity contribution < 1.29 is 9.42 Å². The van der Waals surface area contributed by atoms with Gasteiger partial charge in [0.2, 0.25) is 5.69 Å². The van der Waals surface area contributed by atoms with Crippen LogP contribution in [0.4, 0.5) is 0 Å². The van der Waals surface area contributed by atoms with E-state index in [0.29, 0.717) is 6.61 Å². The van der Waals surface area contributed by atoms with Crippen LogP contribution in [0.3, 0.4) is 0 Å². The first kappa shape index (κ1) is 19.9. The molecule has 0 radical (unpaired) electrons. The molecule has 0 amide bonds. The first-order valence-electron chi connectivity index (χ1n) is 7.74. The van der Waals surface area contributed by atoms with Gasteiger partial charge >= 0.3 is 0 Å². The molecule has 1 N–H and O–H groups in total. The molecule has 0 saturated heterocycles. The monoisotopic (exact) mass is 326 g/mol. The molecule has 5 heteroatoms. The van der Waals surface area contributed by atoms with Gasteiger partial charge in [-0.2, -0.15) is 0 Å². The van der Waals surface area contributed by atoms with E-state index in [0.717, 1.165) is 18.6 Å². The third-order valence-corrected chi connectivity index (χ3v) is 7.42. The van der Waals surface area contributed by atoms with E-state index >= 15 is 0 Å². The van der Waals surface area contributed by atoms with Gasteiger partial charge in [0.15, 0.2) is 0 Å². The maximum Gasteiger partial charge on any atom is 0.244 e. The number of hydrogen-bond acceptors (Lipinski definition) is 3. The van der Waals surface area contributed by atoms with E-state index in [1.807, 2.05) is 0 Å². The standard InChI is InChI=1S/C14H31O2PS2/c1-3-5-7-9-11-13-16-17(15,18)19-14-12-10-8-6-4-2/h3-14H2,1-2H3,(H,15,18). The number of hydrogen-bond donors (Lipinski definition) is 1. The lowest BCUT2D eigenvalue weighted by Gasteiger charge is -2.14. The minimum absolute atomic E-state index is 0.625. The minimum atomic E-state index is -2.55. The predicted octanol–water partition coefficient (Wildman–Crippen LogP) is 5.89. The van der Waals surface area contributed by atoms with Gasteiger partial charge in [0.05, 0.1) is 6.61 Å². The predicted molar refractivity (Wildman–Crippen MR) is 92.4 cm³/mol. The first-order chi connectivity index (χ1) is 9.12. The highest BCUT2D eigenvalue weighted by Gasteiger charge is 2.13. The Labute approximate surface area is 129 Å². The Morgan fingerprint density at radius 2 is 1.42 bits per heavy atom. The molecule has 0 bridgehead atoms. The van der Waals surface area contributed by atoms with Crippen LogP contribution >= 0.6 is 17.1 Å². The molecule has 0 aromatic heterocycles. The highest BCUT2D eigenvalue weighted by atomic mass is 32.9. The summed E-state index contributed by atoms with van der Waals surface area (Å²) in [5.74, 6) is 0.938. The van der Waals surface area contributed by atoms with Crippen LogP contribution in [0.5, 0.6) is 0 Å². The molecule has 2 nitrogen and oxygen atoms in total. The Kier molecular flexibility index (Phi) is 14.6. The Balaban J connectivity index is 3.39. The minimum Gasteiger partial charge on any atom is -0.337 e. The molecule has 0 aromatic rings. The summed E-state index contributed by atoms with van der Waals surface area (Å²) in [6.45, 7) is 5.05. The molecule has 0 spiro atoms. The first-order valence-corrected chi connectivity index (χ1v) is 12.0. The Morgan fingerprint density at radius 3 is 2.00 bits per heavy atom. The van der Waals surface area contributed by atoms with Crippen LogP contribution in [0, 0.1) is 0 Å². The van der Waals surface area contributed by atoms with Gasteiger partial charge in [-0.15, -0.1) is 0 Å². The topological polar surface area (TPSA) is 29.5 Å². The summed E-state index contributed by atoms with van der Waals surface area (Å²) in [5.41, 5.74) is -2.55. The van der Waals surface area contributed by atoms with E-state index in [1.54, 1.807) is 0 Å². The quantitative estimate of drug-likeness (QED) is 0.318. The van der Waals surface area contributed by atoms with Crippen LogP contribution in [0.25, 0.3) is 0 Å². The average Bonchev–Trinajstić information content (AvgIpc) is 2.38. The zero-order valence-electron chi connectivity index (χ0n) is 12.6. The van der Waals surface area contributed by atoms with Gasteiger partial charge in [0.25, 0.3) is 0 Å². The molecular formula is C14H31O2PS2. The summed E-state index contributed by atoms with van der Waals surface area (Å²) in [6, 6.07) is 0. The van der Waals surface area contributed by atoms with Crippen LogP contribution in [0.15, 0.2) is 0 Å². The molecule has 0 aromatic carbocycles. The highest BCUT2D eigenvalue weighted by Crippen LogP contribution is 2.56. The zero-order valence-corrected chi connectivity index (χ0v) is 15.1. The van der Waals surface area contributed by atoms with Crippen molar-refractivity contribution in [2.75, 3.05) is 12.4 Å². The second-order valence-electron chi connectivity index (χ2n) is 4.96. The van der Waals surface area contributed by atoms with Crippen molar-refractivity contribution in [3.8, 4) is 0 Å². The maximum absolute atomic E-state index is 9.99. The normalized spacial score (nSPS) is 14.5. The van der Waals surface area contributed by atoms with Gasteiger partial charge in [-0.05, 0) is 24.6 Å². The molecule has 0 heterocycles. The summed E-state index contributed by atoms with van der Waals surface area (Å²) in [7, 11) is 0. The van der Waals surface area contributed by atoms with Crippen molar-refractivity contribution in [1.29, 1.82) is 0 Å². The van der Waals surface area contributed by atoms with Gasteiger partial charge in [0.1, 0.15) is 0 Å². The zero-order chi connectivity index (χ0) is 14.4. The van der Waals surface area contributed by atoms with Crippen LogP contribution in [0.2, 0.25) is 0 Å². The second-order valence-corrected chi connectivity index (χ2v) is 11.3. The fourth-order valence-electron chi connectivity index (χ4n) is 1.81. The molecule has 0 saturated carbocycles. The number of rotatable bonds is 14. The lowest BCUT2D eigenvalue weighted by atomic mass is 10.2. The maximum atomic E-state index is 9.99. The van der Waals surface area contributed by atoms with Gasteiger partial charge in [-0.25, -0.2) is 0 Å². The number of unbranched alkanes of at least 4 members (excludes halogenated alkanes) is 8. The van der Waals surface area contributed by atoms with Gasteiger partial charge < -0.3 is 9.42 Å². The Bertz CT molecular complexity index is 217. The van der Waals surface area contributed by atoms with E-state index in [4.69, 9.17) is 16.3 Å². The second kappa shape index (κ2) is 13.9. The van der Waals surface area contributed by atoms with Crippen LogP contribution in [-0.4, -0.2) is 17.3 Å². The van der Waals surface area contributed by atoms with E-state index in [-0.39, 0.29) is 0 Å². The van der Waals surface area contributed by atoms with Gasteiger partial charge in [-0.3, -0.25) is 0 Å². The summed E-state index contributed by atoms with van der Waals surface area (Å²) in [6.07, 6.45) is 12.3. The molecule has 19 heavy (non-hydrogen) atoms. The lowest BCUT2D eigenvalue weighted by molar-refractivity contribution is 0.307. The molecule has 0 fully saturated rings. The summed E-state index contributed by atoms with van der Waals surface area (Å²) >= 11 is 6.62. The fourth-order valence-corrected chi connectivity index (χ4v) is 5.23. The molecule has 1 atom stereocenters. The third kappa shape index (κ3) is 15.1. The molecule has 0 aliphatic rings. The smallest absolute Gasteiger partial charge is 0.244 e. The summed E-state index contributed by atoms with van der Waals surface area (Å²) in [5, 5.41) is 0. The highest BCUT2D eigenvalue weighted by molar-refractivity contribution is 8.67. The molecule has 0 aliphatic heterocycles. The van der Waals surface area contributed by atoms with E-state index in [9.17, 15) is 4.89 Å². The fraction of sp³-hybridized carbons (Fsp3) is 1.00. The SMILES string of the molecule is CCCCCCCOP(O)(=S)SCCCCCCC. The van der Waals surface area contributed by atoms with Crippen LogP contribution in [-0.2, 0) is 16.3 Å². The summed E-state index contributed by atoms with van der Waals surface area (Å²) < 4.78 is 5.48. The molecule has 0 aliphatic carbocycles. The van der Waals surface area contributed by atoms with Crippen molar-refractivity contribution >= 4 is 28.9 Å². The molecular weight excluding hydrogens is 295 g/mol. The largest absolute Gasteiger partial charge is 0.337 e. The van der Waals surface area contributed by atoms with Crippen molar-refractivity contribution in [3.63, 3.8) is 0 Å². The van der Waals surface area contributed by atoms with Gasteiger partial charge in [0, 0.05) is 5.75 Å². The lowest BCUT2D eigenvalue weighted by Crippen LogP contribution is -1.92. The van der Waals surface area contributed by atoms with Gasteiger partial charge in [-0.1, -0.05) is 76.6 Å². The van der Waals surface area contributed by atoms with Crippen molar-refractivity contribution in [2.24, 2.45) is 0 Å². The summed E-state index contributed by atoms with van der Waals surface area (Å²) in [4.78, 5) is 9.99. The molecule has 116 valence electrons. The van der Waals surface area contributed by atoms with Crippen molar-refractivity contribution in [1.82, 2.24) is 0 Å². The van der Waals surface area contributed by atoms with Crippen LogP contribution < -0.4 is 0 Å². The average molecular weight is 327 g/mol. The molecule has 0 rings (SSSR count). The third-order valence-electron chi connectivity index (χ3n) is 3.00. The molecule has 1 unspecified atom stereocenters.